The van der Waals surface area contributed by atoms with Gasteiger partial charge in [0.2, 0.25) is 0 Å². The molecule has 1 aliphatic heterocycles. The Kier molecular flexibility index (Phi) is 7.60. The van der Waals surface area contributed by atoms with Crippen molar-refractivity contribution < 1.29 is 9.53 Å². The molecule has 1 amide bonds. The zero-order valence-electron chi connectivity index (χ0n) is 22.6. The zero-order valence-corrected chi connectivity index (χ0v) is 25.0. The lowest BCUT2D eigenvalue weighted by molar-refractivity contribution is -0.127. The van der Waals surface area contributed by atoms with Gasteiger partial charge in [-0.2, -0.15) is 0 Å². The van der Waals surface area contributed by atoms with Crippen LogP contribution in [0.2, 0.25) is 0 Å². The van der Waals surface area contributed by atoms with Crippen molar-refractivity contribution in [3.63, 3.8) is 0 Å². The van der Waals surface area contributed by atoms with E-state index in [1.54, 1.807) is 16.6 Å². The number of hydrogen-bond acceptors (Lipinski definition) is 5. The molecule has 0 saturated carbocycles. The highest BCUT2D eigenvalue weighted by Crippen LogP contribution is 2.40. The molecule has 1 aliphatic rings. The first-order chi connectivity index (χ1) is 18.8. The molecule has 0 fully saturated rings. The van der Waals surface area contributed by atoms with Gasteiger partial charge in [-0.3, -0.25) is 14.2 Å². The molecule has 1 aromatic heterocycles. The number of amides is 1. The Balaban J connectivity index is 1.85. The number of allylic oxidation sites excluding steroid dienone is 1. The number of rotatable bonds is 6. The second kappa shape index (κ2) is 10.9. The van der Waals surface area contributed by atoms with E-state index in [9.17, 15) is 9.59 Å². The van der Waals surface area contributed by atoms with Gasteiger partial charge in [-0.1, -0.05) is 69.7 Å². The largest absolute Gasteiger partial charge is 0.496 e. The summed E-state index contributed by atoms with van der Waals surface area (Å²) in [6.07, 6.45) is 1.89. The van der Waals surface area contributed by atoms with Gasteiger partial charge in [0, 0.05) is 23.1 Å². The van der Waals surface area contributed by atoms with Crippen molar-refractivity contribution in [3.8, 4) is 5.75 Å². The van der Waals surface area contributed by atoms with Gasteiger partial charge in [0.25, 0.3) is 11.5 Å². The standard InChI is InChI=1S/C31H30BrN3O3S/c1-6-34(7-2)30(37)26-19(4)33-31-35(29(36)25(39-31)17-20-13-12-18(3)23(32)16-20)28(26)27-22-11-9-8-10-21(22)14-15-24(27)38-5/h8-17,28H,6-7H2,1-5H3/b25-17+/t28-/m0/s1. The molecule has 39 heavy (non-hydrogen) atoms. The summed E-state index contributed by atoms with van der Waals surface area (Å²) in [5.41, 5.74) is 3.72. The molecule has 0 unspecified atom stereocenters. The second-order valence-electron chi connectivity index (χ2n) is 9.47. The number of aryl methyl sites for hydroxylation is 1. The van der Waals surface area contributed by atoms with E-state index in [2.05, 4.69) is 15.9 Å². The number of ether oxygens (including phenoxy) is 1. The molecule has 0 N–H and O–H groups in total. The summed E-state index contributed by atoms with van der Waals surface area (Å²) in [5, 5.41) is 1.93. The lowest BCUT2D eigenvalue weighted by Gasteiger charge is -2.30. The molecule has 5 rings (SSSR count). The molecule has 1 atom stereocenters. The average Bonchev–Trinajstić information content (AvgIpc) is 3.23. The number of fused-ring (bicyclic) bond motifs is 2. The number of methoxy groups -OCH3 is 1. The van der Waals surface area contributed by atoms with E-state index in [0.717, 1.165) is 31.9 Å². The smallest absolute Gasteiger partial charge is 0.271 e. The Morgan fingerprint density at radius 3 is 2.56 bits per heavy atom. The Morgan fingerprint density at radius 2 is 1.87 bits per heavy atom. The third-order valence-electron chi connectivity index (χ3n) is 7.22. The minimum atomic E-state index is -0.692. The Morgan fingerprint density at radius 1 is 1.13 bits per heavy atom. The summed E-state index contributed by atoms with van der Waals surface area (Å²) in [6.45, 7) is 8.90. The van der Waals surface area contributed by atoms with Crippen LogP contribution in [-0.4, -0.2) is 35.6 Å². The molecule has 6 nitrogen and oxygen atoms in total. The maximum Gasteiger partial charge on any atom is 0.271 e. The molecule has 0 radical (unpaired) electrons. The molecular weight excluding hydrogens is 574 g/mol. The van der Waals surface area contributed by atoms with Crippen molar-refractivity contribution in [1.29, 1.82) is 0 Å². The predicted octanol–water partition coefficient (Wildman–Crippen LogP) is 5.34. The minimum absolute atomic E-state index is 0.127. The first-order valence-electron chi connectivity index (χ1n) is 12.9. The quantitative estimate of drug-likeness (QED) is 0.299. The van der Waals surface area contributed by atoms with Crippen molar-refractivity contribution in [2.24, 2.45) is 4.99 Å². The van der Waals surface area contributed by atoms with Crippen molar-refractivity contribution in [2.45, 2.75) is 33.7 Å². The predicted molar refractivity (Wildman–Crippen MR) is 161 cm³/mol. The fourth-order valence-electron chi connectivity index (χ4n) is 5.14. The lowest BCUT2D eigenvalue weighted by Crippen LogP contribution is -2.43. The van der Waals surface area contributed by atoms with E-state index in [0.29, 0.717) is 39.4 Å². The van der Waals surface area contributed by atoms with Crippen LogP contribution < -0.4 is 19.6 Å². The zero-order chi connectivity index (χ0) is 27.8. The van der Waals surface area contributed by atoms with E-state index in [1.807, 2.05) is 88.4 Å². The number of benzene rings is 3. The van der Waals surface area contributed by atoms with Crippen molar-refractivity contribution in [2.75, 3.05) is 20.2 Å². The first-order valence-corrected chi connectivity index (χ1v) is 14.5. The van der Waals surface area contributed by atoms with Crippen LogP contribution in [0.3, 0.4) is 0 Å². The van der Waals surface area contributed by atoms with Gasteiger partial charge in [0.05, 0.1) is 22.9 Å². The van der Waals surface area contributed by atoms with Crippen LogP contribution in [0.25, 0.3) is 16.8 Å². The normalized spacial score (nSPS) is 15.3. The van der Waals surface area contributed by atoms with E-state index >= 15 is 0 Å². The van der Waals surface area contributed by atoms with Gasteiger partial charge in [-0.25, -0.2) is 4.99 Å². The summed E-state index contributed by atoms with van der Waals surface area (Å²) in [4.78, 5) is 35.3. The highest BCUT2D eigenvalue weighted by molar-refractivity contribution is 9.10. The van der Waals surface area contributed by atoms with Crippen molar-refractivity contribution in [3.05, 3.63) is 107 Å². The number of carbonyl (C=O) groups excluding carboxylic acids is 1. The number of nitrogens with zero attached hydrogens (tertiary/aromatic N) is 3. The third kappa shape index (κ3) is 4.76. The Labute approximate surface area is 239 Å². The first kappa shape index (κ1) is 27.1. The summed E-state index contributed by atoms with van der Waals surface area (Å²) in [6, 6.07) is 17.2. The lowest BCUT2D eigenvalue weighted by atomic mass is 9.90. The molecule has 3 aromatic carbocycles. The van der Waals surface area contributed by atoms with Gasteiger partial charge >= 0.3 is 0 Å². The maximum absolute atomic E-state index is 14.2. The fourth-order valence-corrected chi connectivity index (χ4v) is 6.58. The molecular formula is C31H30BrN3O3S. The molecule has 8 heteroatoms. The van der Waals surface area contributed by atoms with Crippen molar-refractivity contribution in [1.82, 2.24) is 9.47 Å². The SMILES string of the molecule is CCN(CC)C(=O)C1=C(C)N=c2s/c(=C/c3ccc(C)c(Br)c3)c(=O)n2[C@@H]1c1c(OC)ccc2ccccc12. The number of carbonyl (C=O) groups is 1. The van der Waals surface area contributed by atoms with E-state index in [1.165, 1.54) is 11.3 Å². The molecule has 0 spiro atoms. The van der Waals surface area contributed by atoms with Gasteiger partial charge < -0.3 is 9.64 Å². The Bertz CT molecular complexity index is 1820. The van der Waals surface area contributed by atoms with E-state index < -0.39 is 6.04 Å². The topological polar surface area (TPSA) is 63.9 Å². The average molecular weight is 605 g/mol. The molecule has 0 saturated heterocycles. The number of likely N-dealkylation sites (N-methyl/N-ethyl adjacent to an activating group) is 1. The monoisotopic (exact) mass is 603 g/mol. The summed E-state index contributed by atoms with van der Waals surface area (Å²) >= 11 is 4.93. The highest BCUT2D eigenvalue weighted by atomic mass is 79.9. The van der Waals surface area contributed by atoms with Gasteiger partial charge in [0.1, 0.15) is 11.8 Å². The highest BCUT2D eigenvalue weighted by Gasteiger charge is 2.36. The Hall–Kier alpha value is -3.49. The molecule has 0 aliphatic carbocycles. The van der Waals surface area contributed by atoms with Crippen LogP contribution in [0.15, 0.2) is 80.1 Å². The molecule has 200 valence electrons. The number of aromatic nitrogens is 1. The number of halogens is 1. The molecule has 4 aromatic rings. The number of thiazole rings is 1. The van der Waals surface area contributed by atoms with Crippen LogP contribution in [0, 0.1) is 6.92 Å². The summed E-state index contributed by atoms with van der Waals surface area (Å²) < 4.78 is 9.07. The van der Waals surface area contributed by atoms with Gasteiger partial charge in [0.15, 0.2) is 4.80 Å². The van der Waals surface area contributed by atoms with Gasteiger partial charge in [-0.05, 0) is 67.8 Å². The molecule has 0 bridgehead atoms. The van der Waals surface area contributed by atoms with Crippen LogP contribution in [-0.2, 0) is 4.79 Å². The summed E-state index contributed by atoms with van der Waals surface area (Å²) in [7, 11) is 1.62. The van der Waals surface area contributed by atoms with E-state index in [4.69, 9.17) is 9.73 Å². The van der Waals surface area contributed by atoms with Crippen LogP contribution >= 0.6 is 27.3 Å². The fraction of sp³-hybridized carbons (Fsp3) is 0.258. The van der Waals surface area contributed by atoms with Crippen LogP contribution in [0.5, 0.6) is 5.75 Å². The van der Waals surface area contributed by atoms with Gasteiger partial charge in [-0.15, -0.1) is 0 Å². The summed E-state index contributed by atoms with van der Waals surface area (Å²) in [5.74, 6) is 0.494. The minimum Gasteiger partial charge on any atom is -0.496 e. The third-order valence-corrected chi connectivity index (χ3v) is 9.06. The number of hydrogen-bond donors (Lipinski definition) is 0. The van der Waals surface area contributed by atoms with Crippen LogP contribution in [0.4, 0.5) is 0 Å². The maximum atomic E-state index is 14.2. The van der Waals surface area contributed by atoms with Crippen LogP contribution in [0.1, 0.15) is 43.5 Å². The second-order valence-corrected chi connectivity index (χ2v) is 11.3. The van der Waals surface area contributed by atoms with E-state index in [-0.39, 0.29) is 11.5 Å². The van der Waals surface area contributed by atoms with Crippen molar-refractivity contribution >= 4 is 50.0 Å². The molecule has 2 heterocycles.